The lowest BCUT2D eigenvalue weighted by molar-refractivity contribution is -0.142. The Morgan fingerprint density at radius 2 is 1.38 bits per heavy atom. The molecule has 0 saturated carbocycles. The first kappa shape index (κ1) is 29.5. The standard InChI is InChI=1S/C11H14O3.C7H14O2.C3H8O2.H2O/c1-8-4-9(2)6-10(5-8)14-7-11(12)13-3;1-6(2)7(3,4)9-5-8-6;1-4-3-5-2;/h4-6H,7H2,1-3H3;5H2,1-4H3;3H2,1-2H3;1H2. The van der Waals surface area contributed by atoms with Crippen LogP contribution in [0.1, 0.15) is 38.8 Å². The van der Waals surface area contributed by atoms with Crippen LogP contribution in [-0.4, -0.2) is 64.2 Å². The van der Waals surface area contributed by atoms with Gasteiger partial charge in [-0.05, 0) is 64.8 Å². The maximum absolute atomic E-state index is 10.8. The van der Waals surface area contributed by atoms with Crippen LogP contribution in [-0.2, 0) is 28.5 Å². The molecular weight excluding hydrogens is 380 g/mol. The molecule has 0 radical (unpaired) electrons. The second kappa shape index (κ2) is 14.3. The molecule has 1 aromatic carbocycles. The third-order valence-corrected chi connectivity index (χ3v) is 4.30. The lowest BCUT2D eigenvalue weighted by Gasteiger charge is -2.30. The molecule has 8 heteroatoms. The van der Waals surface area contributed by atoms with Gasteiger partial charge in [-0.15, -0.1) is 0 Å². The van der Waals surface area contributed by atoms with Crippen molar-refractivity contribution in [3.05, 3.63) is 29.3 Å². The Morgan fingerprint density at radius 1 is 0.931 bits per heavy atom. The van der Waals surface area contributed by atoms with Crippen LogP contribution < -0.4 is 4.74 Å². The zero-order chi connectivity index (χ0) is 21.8. The molecule has 1 saturated heterocycles. The molecule has 0 spiro atoms. The van der Waals surface area contributed by atoms with Gasteiger partial charge < -0.3 is 33.9 Å². The van der Waals surface area contributed by atoms with Crippen LogP contribution in [0, 0.1) is 13.8 Å². The van der Waals surface area contributed by atoms with E-state index in [1.807, 2.05) is 59.7 Å². The van der Waals surface area contributed by atoms with Crippen LogP contribution in [0.15, 0.2) is 18.2 Å². The number of hydrogen-bond donors (Lipinski definition) is 0. The molecule has 0 aliphatic carbocycles. The van der Waals surface area contributed by atoms with Gasteiger partial charge in [0, 0.05) is 14.2 Å². The molecule has 2 rings (SSSR count). The van der Waals surface area contributed by atoms with Gasteiger partial charge in [0.25, 0.3) is 0 Å². The smallest absolute Gasteiger partial charge is 0.343 e. The van der Waals surface area contributed by atoms with Gasteiger partial charge in [-0.2, -0.15) is 0 Å². The van der Waals surface area contributed by atoms with Crippen LogP contribution in [0.3, 0.4) is 0 Å². The van der Waals surface area contributed by atoms with E-state index in [9.17, 15) is 4.79 Å². The molecule has 2 N–H and O–H groups in total. The van der Waals surface area contributed by atoms with Gasteiger partial charge >= 0.3 is 5.97 Å². The van der Waals surface area contributed by atoms with E-state index in [0.29, 0.717) is 19.3 Å². The van der Waals surface area contributed by atoms with Crippen molar-refractivity contribution in [2.45, 2.75) is 52.7 Å². The molecule has 170 valence electrons. The highest BCUT2D eigenvalue weighted by Gasteiger charge is 2.44. The fourth-order valence-corrected chi connectivity index (χ4v) is 2.01. The Hall–Kier alpha value is -1.71. The minimum atomic E-state index is -0.371. The predicted octanol–water partition coefficient (Wildman–Crippen LogP) is 2.82. The van der Waals surface area contributed by atoms with E-state index >= 15 is 0 Å². The van der Waals surface area contributed by atoms with Crippen molar-refractivity contribution in [3.8, 4) is 5.75 Å². The van der Waals surface area contributed by atoms with Crippen LogP contribution in [0.25, 0.3) is 0 Å². The Morgan fingerprint density at radius 3 is 1.66 bits per heavy atom. The molecule has 0 bridgehead atoms. The summed E-state index contributed by atoms with van der Waals surface area (Å²) in [6.45, 7) is 12.9. The summed E-state index contributed by atoms with van der Waals surface area (Å²) in [7, 11) is 4.51. The lowest BCUT2D eigenvalue weighted by atomic mass is 9.90. The monoisotopic (exact) mass is 418 g/mol. The van der Waals surface area contributed by atoms with Crippen molar-refractivity contribution in [1.82, 2.24) is 0 Å². The average molecular weight is 419 g/mol. The molecule has 1 fully saturated rings. The highest BCUT2D eigenvalue weighted by Crippen LogP contribution is 2.34. The van der Waals surface area contributed by atoms with Gasteiger partial charge in [-0.1, -0.05) is 6.07 Å². The lowest BCUT2D eigenvalue weighted by Crippen LogP contribution is -2.41. The number of rotatable bonds is 5. The minimum absolute atomic E-state index is 0. The molecule has 1 aliphatic rings. The van der Waals surface area contributed by atoms with Crippen molar-refractivity contribution >= 4 is 5.97 Å². The highest BCUT2D eigenvalue weighted by molar-refractivity contribution is 5.70. The summed E-state index contributed by atoms with van der Waals surface area (Å²) in [5.74, 6) is 0.331. The molecule has 1 aromatic rings. The Kier molecular flexibility index (Phi) is 14.5. The van der Waals surface area contributed by atoms with Crippen molar-refractivity contribution in [1.29, 1.82) is 0 Å². The van der Waals surface area contributed by atoms with E-state index in [4.69, 9.17) is 14.2 Å². The number of methoxy groups -OCH3 is 3. The molecule has 0 atom stereocenters. The van der Waals surface area contributed by atoms with E-state index in [-0.39, 0.29) is 29.3 Å². The molecular formula is C21H38O8. The van der Waals surface area contributed by atoms with Crippen LogP contribution in [0.2, 0.25) is 0 Å². The first-order valence-corrected chi connectivity index (χ1v) is 9.02. The fourth-order valence-electron chi connectivity index (χ4n) is 2.01. The van der Waals surface area contributed by atoms with Gasteiger partial charge in [0.2, 0.25) is 0 Å². The van der Waals surface area contributed by atoms with Gasteiger partial charge in [0.05, 0.1) is 18.3 Å². The van der Waals surface area contributed by atoms with Gasteiger partial charge in [-0.25, -0.2) is 4.79 Å². The predicted molar refractivity (Wildman–Crippen MR) is 111 cm³/mol. The molecule has 1 heterocycles. The molecule has 0 amide bonds. The normalized spacial score (nSPS) is 15.6. The van der Waals surface area contributed by atoms with Crippen LogP contribution >= 0.6 is 0 Å². The second-order valence-corrected chi connectivity index (χ2v) is 7.31. The van der Waals surface area contributed by atoms with E-state index in [1.165, 1.54) is 7.11 Å². The molecule has 1 aliphatic heterocycles. The number of carbonyl (C=O) groups excluding carboxylic acids is 1. The summed E-state index contributed by atoms with van der Waals surface area (Å²) in [6.07, 6.45) is 0. The molecule has 0 unspecified atom stereocenters. The first-order valence-electron chi connectivity index (χ1n) is 9.02. The highest BCUT2D eigenvalue weighted by atomic mass is 16.7. The first-order chi connectivity index (χ1) is 13.0. The summed E-state index contributed by atoms with van der Waals surface area (Å²) in [4.78, 5) is 10.8. The quantitative estimate of drug-likeness (QED) is 0.535. The van der Waals surface area contributed by atoms with E-state index in [0.717, 1.165) is 11.1 Å². The second-order valence-electron chi connectivity index (χ2n) is 7.31. The third kappa shape index (κ3) is 11.8. The number of esters is 1. The van der Waals surface area contributed by atoms with Gasteiger partial charge in [-0.3, -0.25) is 0 Å². The Bertz CT molecular complexity index is 548. The maximum atomic E-state index is 10.8. The van der Waals surface area contributed by atoms with Crippen molar-refractivity contribution < 1.29 is 38.7 Å². The van der Waals surface area contributed by atoms with Crippen molar-refractivity contribution in [2.24, 2.45) is 0 Å². The van der Waals surface area contributed by atoms with Crippen LogP contribution in [0.4, 0.5) is 0 Å². The minimum Gasteiger partial charge on any atom is -0.482 e. The van der Waals surface area contributed by atoms with Gasteiger partial charge in [0.15, 0.2) is 6.61 Å². The Labute approximate surface area is 174 Å². The number of aryl methyl sites for hydroxylation is 2. The SMILES string of the molecule is CC1(C)OCOC1(C)C.COC(=O)COc1cc(C)cc(C)c1.COCOC.O. The number of benzene rings is 1. The fraction of sp³-hybridized carbons (Fsp3) is 0.667. The average Bonchev–Trinajstić information content (AvgIpc) is 2.84. The maximum Gasteiger partial charge on any atom is 0.343 e. The van der Waals surface area contributed by atoms with E-state index < -0.39 is 0 Å². The molecule has 29 heavy (non-hydrogen) atoms. The molecule has 8 nitrogen and oxygen atoms in total. The largest absolute Gasteiger partial charge is 0.482 e. The molecule has 0 aromatic heterocycles. The number of carbonyl (C=O) groups is 1. The van der Waals surface area contributed by atoms with Crippen LogP contribution in [0.5, 0.6) is 5.75 Å². The Balaban J connectivity index is 0. The summed E-state index contributed by atoms with van der Waals surface area (Å²) in [6, 6.07) is 5.82. The number of hydrogen-bond acceptors (Lipinski definition) is 7. The van der Waals surface area contributed by atoms with E-state index in [2.05, 4.69) is 14.2 Å². The summed E-state index contributed by atoms with van der Waals surface area (Å²) >= 11 is 0. The summed E-state index contributed by atoms with van der Waals surface area (Å²) < 4.78 is 29.3. The number of ether oxygens (including phenoxy) is 6. The summed E-state index contributed by atoms with van der Waals surface area (Å²) in [5.41, 5.74) is 1.97. The zero-order valence-corrected chi connectivity index (χ0v) is 19.2. The topological polar surface area (TPSA) is 104 Å². The van der Waals surface area contributed by atoms with Crippen molar-refractivity contribution in [3.63, 3.8) is 0 Å². The zero-order valence-electron chi connectivity index (χ0n) is 19.2. The van der Waals surface area contributed by atoms with E-state index in [1.54, 1.807) is 14.2 Å². The van der Waals surface area contributed by atoms with Crippen molar-refractivity contribution in [2.75, 3.05) is 41.5 Å². The summed E-state index contributed by atoms with van der Waals surface area (Å²) in [5, 5.41) is 0. The third-order valence-electron chi connectivity index (χ3n) is 4.30. The van der Waals surface area contributed by atoms with Gasteiger partial charge in [0.1, 0.15) is 19.3 Å².